The first-order valence-corrected chi connectivity index (χ1v) is 6.72. The maximum absolute atomic E-state index is 13.6. The van der Waals surface area contributed by atoms with Crippen LogP contribution in [0.4, 0.5) is 4.39 Å². The van der Waals surface area contributed by atoms with E-state index in [9.17, 15) is 14.0 Å². The molecule has 20 heavy (non-hydrogen) atoms. The SMILES string of the molecule is Cc1nc(=O)n(CC(=O)c2ccccc2F)c(C)c1Br. The van der Waals surface area contributed by atoms with Gasteiger partial charge in [0.15, 0.2) is 5.78 Å². The van der Waals surface area contributed by atoms with E-state index in [1.165, 1.54) is 22.8 Å². The van der Waals surface area contributed by atoms with E-state index >= 15 is 0 Å². The number of hydrogen-bond acceptors (Lipinski definition) is 3. The molecule has 0 saturated carbocycles. The number of halogens is 2. The first kappa shape index (κ1) is 14.6. The summed E-state index contributed by atoms with van der Waals surface area (Å²) < 4.78 is 15.4. The predicted molar refractivity (Wildman–Crippen MR) is 76.4 cm³/mol. The number of Topliss-reactive ketones (excluding diaryl/α,β-unsaturated/α-hetero) is 1. The smallest absolute Gasteiger partial charge is 0.292 e. The Morgan fingerprint density at radius 3 is 2.65 bits per heavy atom. The van der Waals surface area contributed by atoms with Crippen molar-refractivity contribution in [1.29, 1.82) is 0 Å². The molecule has 0 spiro atoms. The molecule has 0 amide bonds. The minimum absolute atomic E-state index is 0.0319. The Bertz CT molecular complexity index is 740. The van der Waals surface area contributed by atoms with Crippen LogP contribution in [0.5, 0.6) is 0 Å². The van der Waals surface area contributed by atoms with E-state index in [0.29, 0.717) is 15.9 Å². The predicted octanol–water partition coefficient (Wildman–Crippen LogP) is 2.64. The molecule has 4 nitrogen and oxygen atoms in total. The molecule has 0 aliphatic carbocycles. The maximum Gasteiger partial charge on any atom is 0.348 e. The highest BCUT2D eigenvalue weighted by atomic mass is 79.9. The summed E-state index contributed by atoms with van der Waals surface area (Å²) >= 11 is 3.32. The highest BCUT2D eigenvalue weighted by Gasteiger charge is 2.16. The highest BCUT2D eigenvalue weighted by molar-refractivity contribution is 9.10. The number of ketones is 1. The van der Waals surface area contributed by atoms with Gasteiger partial charge in [-0.1, -0.05) is 12.1 Å². The van der Waals surface area contributed by atoms with Crippen molar-refractivity contribution in [2.75, 3.05) is 0 Å². The van der Waals surface area contributed by atoms with E-state index in [1.807, 2.05) is 0 Å². The van der Waals surface area contributed by atoms with Crippen LogP contribution in [0.3, 0.4) is 0 Å². The summed E-state index contributed by atoms with van der Waals surface area (Å²) in [6.07, 6.45) is 0. The molecule has 1 heterocycles. The van der Waals surface area contributed by atoms with Gasteiger partial charge in [0.25, 0.3) is 0 Å². The molecule has 0 atom stereocenters. The summed E-state index contributed by atoms with van der Waals surface area (Å²) in [4.78, 5) is 27.8. The van der Waals surface area contributed by atoms with Crippen LogP contribution in [-0.4, -0.2) is 15.3 Å². The minimum Gasteiger partial charge on any atom is -0.292 e. The lowest BCUT2D eigenvalue weighted by Gasteiger charge is -2.11. The van der Waals surface area contributed by atoms with Gasteiger partial charge in [-0.25, -0.2) is 9.18 Å². The van der Waals surface area contributed by atoms with Crippen LogP contribution >= 0.6 is 15.9 Å². The average molecular weight is 339 g/mol. The van der Waals surface area contributed by atoms with E-state index in [2.05, 4.69) is 20.9 Å². The van der Waals surface area contributed by atoms with Gasteiger partial charge in [-0.3, -0.25) is 9.36 Å². The third-order valence-electron chi connectivity index (χ3n) is 3.01. The molecule has 0 unspecified atom stereocenters. The molecular weight excluding hydrogens is 327 g/mol. The summed E-state index contributed by atoms with van der Waals surface area (Å²) in [7, 11) is 0. The van der Waals surface area contributed by atoms with Gasteiger partial charge in [-0.05, 0) is 41.9 Å². The Morgan fingerprint density at radius 2 is 2.00 bits per heavy atom. The van der Waals surface area contributed by atoms with Crippen molar-refractivity contribution in [2.45, 2.75) is 20.4 Å². The lowest BCUT2D eigenvalue weighted by molar-refractivity contribution is 0.0965. The Hall–Kier alpha value is -1.82. The van der Waals surface area contributed by atoms with Crippen LogP contribution in [0, 0.1) is 19.7 Å². The Labute approximate surface area is 123 Å². The van der Waals surface area contributed by atoms with Gasteiger partial charge in [-0.2, -0.15) is 4.98 Å². The lowest BCUT2D eigenvalue weighted by atomic mass is 10.1. The zero-order chi connectivity index (χ0) is 14.9. The fourth-order valence-corrected chi connectivity index (χ4v) is 2.18. The number of rotatable bonds is 3. The van der Waals surface area contributed by atoms with Crippen molar-refractivity contribution in [2.24, 2.45) is 0 Å². The fraction of sp³-hybridized carbons (Fsp3) is 0.214. The molecule has 0 bridgehead atoms. The highest BCUT2D eigenvalue weighted by Crippen LogP contribution is 2.17. The number of benzene rings is 1. The zero-order valence-electron chi connectivity index (χ0n) is 11.0. The van der Waals surface area contributed by atoms with Crippen molar-refractivity contribution in [3.8, 4) is 0 Å². The van der Waals surface area contributed by atoms with E-state index in [-0.39, 0.29) is 12.1 Å². The van der Waals surface area contributed by atoms with Gasteiger partial charge in [0.05, 0.1) is 22.3 Å². The standard InChI is InChI=1S/C14H12BrFN2O2/c1-8-13(15)9(2)18(14(20)17-8)7-12(19)10-5-3-4-6-11(10)16/h3-6H,7H2,1-2H3. The Morgan fingerprint density at radius 1 is 1.35 bits per heavy atom. The number of carbonyl (C=O) groups is 1. The molecule has 0 fully saturated rings. The van der Waals surface area contributed by atoms with Crippen LogP contribution in [0.1, 0.15) is 21.7 Å². The van der Waals surface area contributed by atoms with Gasteiger partial charge in [0.2, 0.25) is 0 Å². The molecule has 0 aliphatic rings. The van der Waals surface area contributed by atoms with Gasteiger partial charge < -0.3 is 0 Å². The zero-order valence-corrected chi connectivity index (χ0v) is 12.6. The normalized spacial score (nSPS) is 10.6. The second kappa shape index (κ2) is 5.66. The molecular formula is C14H12BrFN2O2. The molecule has 2 aromatic rings. The third kappa shape index (κ3) is 2.70. The van der Waals surface area contributed by atoms with E-state index < -0.39 is 17.3 Å². The van der Waals surface area contributed by atoms with Crippen LogP contribution in [-0.2, 0) is 6.54 Å². The van der Waals surface area contributed by atoms with Crippen molar-refractivity contribution >= 4 is 21.7 Å². The summed E-state index contributed by atoms with van der Waals surface area (Å²) in [5.74, 6) is -1.06. The van der Waals surface area contributed by atoms with Gasteiger partial charge in [0, 0.05) is 5.69 Å². The minimum atomic E-state index is -0.595. The van der Waals surface area contributed by atoms with Crippen molar-refractivity contribution < 1.29 is 9.18 Å². The quantitative estimate of drug-likeness (QED) is 0.808. The van der Waals surface area contributed by atoms with E-state index in [1.54, 1.807) is 19.9 Å². The number of hydrogen-bond donors (Lipinski definition) is 0. The van der Waals surface area contributed by atoms with E-state index in [4.69, 9.17) is 0 Å². The Balaban J connectivity index is 2.41. The molecule has 0 saturated heterocycles. The fourth-order valence-electron chi connectivity index (χ4n) is 1.88. The van der Waals surface area contributed by atoms with Crippen LogP contribution < -0.4 is 5.69 Å². The lowest BCUT2D eigenvalue weighted by Crippen LogP contribution is -2.29. The van der Waals surface area contributed by atoms with Crippen LogP contribution in [0.2, 0.25) is 0 Å². The molecule has 1 aromatic carbocycles. The average Bonchev–Trinajstić information content (AvgIpc) is 2.41. The number of carbonyl (C=O) groups excluding carboxylic acids is 1. The van der Waals surface area contributed by atoms with Crippen LogP contribution in [0.25, 0.3) is 0 Å². The second-order valence-electron chi connectivity index (χ2n) is 4.37. The van der Waals surface area contributed by atoms with Gasteiger partial charge in [0.1, 0.15) is 5.82 Å². The first-order chi connectivity index (χ1) is 9.41. The molecule has 2 rings (SSSR count). The van der Waals surface area contributed by atoms with Crippen molar-refractivity contribution in [3.05, 3.63) is 62.0 Å². The monoisotopic (exact) mass is 338 g/mol. The molecule has 0 N–H and O–H groups in total. The van der Waals surface area contributed by atoms with Crippen molar-refractivity contribution in [3.63, 3.8) is 0 Å². The van der Waals surface area contributed by atoms with Gasteiger partial charge >= 0.3 is 5.69 Å². The molecule has 0 aliphatic heterocycles. The molecule has 6 heteroatoms. The van der Waals surface area contributed by atoms with Crippen molar-refractivity contribution in [1.82, 2.24) is 9.55 Å². The topological polar surface area (TPSA) is 52.0 Å². The molecule has 104 valence electrons. The Kier molecular flexibility index (Phi) is 4.13. The summed E-state index contributed by atoms with van der Waals surface area (Å²) in [6, 6.07) is 5.70. The molecule has 0 radical (unpaired) electrons. The third-order valence-corrected chi connectivity index (χ3v) is 4.16. The molecule has 1 aromatic heterocycles. The largest absolute Gasteiger partial charge is 0.348 e. The summed E-state index contributed by atoms with van der Waals surface area (Å²) in [6.45, 7) is 3.16. The first-order valence-electron chi connectivity index (χ1n) is 5.93. The second-order valence-corrected chi connectivity index (χ2v) is 5.16. The number of aromatic nitrogens is 2. The van der Waals surface area contributed by atoms with Gasteiger partial charge in [-0.15, -0.1) is 0 Å². The maximum atomic E-state index is 13.6. The van der Waals surface area contributed by atoms with E-state index in [0.717, 1.165) is 0 Å². The summed E-state index contributed by atoms with van der Waals surface area (Å²) in [5, 5.41) is 0. The number of aryl methyl sites for hydroxylation is 1. The number of nitrogens with zero attached hydrogens (tertiary/aromatic N) is 2. The van der Waals surface area contributed by atoms with Crippen LogP contribution in [0.15, 0.2) is 33.5 Å². The summed E-state index contributed by atoms with van der Waals surface area (Å²) in [5.41, 5.74) is 0.595.